The van der Waals surface area contributed by atoms with Gasteiger partial charge in [-0.05, 0) is 78.9 Å². The molecule has 3 aliphatic carbocycles. The molecule has 0 bridgehead atoms. The number of carbonyl (C=O) groups is 3. The Kier molecular flexibility index (Phi) is 6.30. The molecule has 0 amide bonds. The van der Waals surface area contributed by atoms with E-state index < -0.39 is 24.3 Å². The first-order valence-electron chi connectivity index (χ1n) is 12.6. The van der Waals surface area contributed by atoms with E-state index in [1.54, 1.807) is 0 Å². The summed E-state index contributed by atoms with van der Waals surface area (Å²) < 4.78 is 10.5. The Morgan fingerprint density at radius 3 is 2.48 bits per heavy atom. The molecule has 33 heavy (non-hydrogen) atoms. The molecule has 1 heterocycles. The molecule has 0 saturated heterocycles. The SMILES string of the molecule is CC(=O)OC(C[C@@H]1[C@@H](C=O)CCC2[C@@]3(C)CCCC(C)(C)C3CC[C@]21C)C1=CC(=O)O[C@H]1O. The fourth-order valence-electron chi connectivity index (χ4n) is 8.80. The maximum atomic E-state index is 12.2. The van der Waals surface area contributed by atoms with E-state index in [0.29, 0.717) is 23.7 Å². The van der Waals surface area contributed by atoms with Crippen LogP contribution in [0.25, 0.3) is 0 Å². The number of cyclic esters (lactones) is 1. The average Bonchev–Trinajstić information content (AvgIpc) is 3.05. The first kappa shape index (κ1) is 24.4. The third-order valence-corrected chi connectivity index (χ3v) is 10.1. The van der Waals surface area contributed by atoms with Gasteiger partial charge < -0.3 is 19.4 Å². The van der Waals surface area contributed by atoms with Gasteiger partial charge >= 0.3 is 11.9 Å². The minimum absolute atomic E-state index is 0.00437. The van der Waals surface area contributed by atoms with E-state index in [9.17, 15) is 19.5 Å². The van der Waals surface area contributed by atoms with E-state index in [4.69, 9.17) is 9.47 Å². The van der Waals surface area contributed by atoms with Crippen molar-refractivity contribution >= 4 is 18.2 Å². The van der Waals surface area contributed by atoms with Crippen molar-refractivity contribution in [3.63, 3.8) is 0 Å². The summed E-state index contributed by atoms with van der Waals surface area (Å²) in [5.41, 5.74) is 0.755. The highest BCUT2D eigenvalue weighted by Gasteiger charge is 2.62. The molecule has 1 N–H and O–H groups in total. The number of aldehydes is 1. The number of hydrogen-bond acceptors (Lipinski definition) is 6. The molecule has 4 aliphatic rings. The zero-order chi connectivity index (χ0) is 24.2. The molecular weight excluding hydrogens is 420 g/mol. The van der Waals surface area contributed by atoms with Gasteiger partial charge in [0.25, 0.3) is 0 Å². The van der Waals surface area contributed by atoms with E-state index in [1.165, 1.54) is 32.3 Å². The summed E-state index contributed by atoms with van der Waals surface area (Å²) in [7, 11) is 0. The van der Waals surface area contributed by atoms with E-state index in [1.807, 2.05) is 0 Å². The van der Waals surface area contributed by atoms with Crippen LogP contribution in [-0.2, 0) is 23.9 Å². The van der Waals surface area contributed by atoms with E-state index in [2.05, 4.69) is 27.7 Å². The fraction of sp³-hybridized carbons (Fsp3) is 0.815. The number of aliphatic hydroxyl groups is 1. The van der Waals surface area contributed by atoms with E-state index in [-0.39, 0.29) is 28.2 Å². The van der Waals surface area contributed by atoms with Gasteiger partial charge in [-0.15, -0.1) is 0 Å². The second kappa shape index (κ2) is 8.51. The molecule has 0 aromatic rings. The number of ether oxygens (including phenoxy) is 2. The summed E-state index contributed by atoms with van der Waals surface area (Å²) in [4.78, 5) is 35.9. The minimum Gasteiger partial charge on any atom is -0.458 e. The zero-order valence-corrected chi connectivity index (χ0v) is 20.8. The van der Waals surface area contributed by atoms with Gasteiger partial charge in [0.1, 0.15) is 12.4 Å². The van der Waals surface area contributed by atoms with Crippen LogP contribution in [0, 0.1) is 39.9 Å². The molecule has 3 saturated carbocycles. The van der Waals surface area contributed by atoms with Gasteiger partial charge in [-0.1, -0.05) is 34.1 Å². The lowest BCUT2D eigenvalue weighted by Crippen LogP contribution is -2.59. The molecule has 0 aromatic carbocycles. The predicted molar refractivity (Wildman–Crippen MR) is 123 cm³/mol. The molecule has 1 aliphatic heterocycles. The van der Waals surface area contributed by atoms with Crippen molar-refractivity contribution < 1.29 is 29.0 Å². The van der Waals surface area contributed by atoms with Crippen LogP contribution in [0.15, 0.2) is 11.6 Å². The van der Waals surface area contributed by atoms with Crippen molar-refractivity contribution in [2.24, 2.45) is 39.9 Å². The summed E-state index contributed by atoms with van der Waals surface area (Å²) in [6.45, 7) is 11.0. The van der Waals surface area contributed by atoms with Crippen molar-refractivity contribution in [1.29, 1.82) is 0 Å². The molecule has 6 heteroatoms. The molecule has 3 fully saturated rings. The standard InChI is InChI=1S/C27H40O6/c1-16(29)32-20(18-13-23(30)33-24(18)31)14-19-17(15-28)7-8-22-26(19,4)12-9-21-25(2,3)10-6-11-27(21,22)5/h13,15,17,19-22,24,31H,6-12,14H2,1-5H3/t17-,19-,20?,21?,22?,24-,26+,27+/m1/s1. The Morgan fingerprint density at radius 2 is 1.88 bits per heavy atom. The van der Waals surface area contributed by atoms with Crippen LogP contribution in [0.3, 0.4) is 0 Å². The number of rotatable bonds is 5. The lowest BCUT2D eigenvalue weighted by atomic mass is 9.38. The second-order valence-electron chi connectivity index (χ2n) is 12.2. The van der Waals surface area contributed by atoms with E-state index in [0.717, 1.165) is 32.0 Å². The lowest BCUT2D eigenvalue weighted by Gasteiger charge is -2.66. The van der Waals surface area contributed by atoms with Crippen LogP contribution in [0.1, 0.15) is 86.0 Å². The summed E-state index contributed by atoms with van der Waals surface area (Å²) in [5, 5.41) is 10.3. The zero-order valence-electron chi connectivity index (χ0n) is 20.8. The third-order valence-electron chi connectivity index (χ3n) is 10.1. The van der Waals surface area contributed by atoms with Crippen LogP contribution in [0.5, 0.6) is 0 Å². The molecule has 4 rings (SSSR count). The molecule has 8 atom stereocenters. The van der Waals surface area contributed by atoms with Crippen molar-refractivity contribution in [2.75, 3.05) is 0 Å². The Hall–Kier alpha value is -1.69. The number of hydrogen-bond donors (Lipinski definition) is 1. The summed E-state index contributed by atoms with van der Waals surface area (Å²) >= 11 is 0. The number of fused-ring (bicyclic) bond motifs is 3. The van der Waals surface area contributed by atoms with Gasteiger partial charge in [-0.25, -0.2) is 4.79 Å². The quantitative estimate of drug-likeness (QED) is 0.477. The average molecular weight is 461 g/mol. The predicted octanol–water partition coefficient (Wildman–Crippen LogP) is 4.58. The lowest BCUT2D eigenvalue weighted by molar-refractivity contribution is -0.182. The van der Waals surface area contributed by atoms with Gasteiger partial charge in [-0.2, -0.15) is 0 Å². The summed E-state index contributed by atoms with van der Waals surface area (Å²) in [5.74, 6) is -0.0755. The largest absolute Gasteiger partial charge is 0.458 e. The number of carbonyl (C=O) groups excluding carboxylic acids is 3. The van der Waals surface area contributed by atoms with Crippen LogP contribution >= 0.6 is 0 Å². The van der Waals surface area contributed by atoms with E-state index >= 15 is 0 Å². The van der Waals surface area contributed by atoms with Crippen LogP contribution < -0.4 is 0 Å². The Labute approximate surface area is 197 Å². The molecule has 3 unspecified atom stereocenters. The smallest absolute Gasteiger partial charge is 0.333 e. The maximum Gasteiger partial charge on any atom is 0.333 e. The monoisotopic (exact) mass is 460 g/mol. The van der Waals surface area contributed by atoms with Gasteiger partial charge in [0, 0.05) is 24.5 Å². The fourth-order valence-corrected chi connectivity index (χ4v) is 8.80. The maximum absolute atomic E-state index is 12.2. The number of aliphatic hydroxyl groups excluding tert-OH is 1. The topological polar surface area (TPSA) is 89.9 Å². The Bertz CT molecular complexity index is 846. The summed E-state index contributed by atoms with van der Waals surface area (Å²) in [6, 6.07) is 0. The molecule has 0 aromatic heterocycles. The second-order valence-corrected chi connectivity index (χ2v) is 12.2. The van der Waals surface area contributed by atoms with Crippen LogP contribution in [0.2, 0.25) is 0 Å². The first-order chi connectivity index (χ1) is 15.4. The molecule has 0 spiro atoms. The minimum atomic E-state index is -1.41. The highest BCUT2D eigenvalue weighted by atomic mass is 16.6. The highest BCUT2D eigenvalue weighted by molar-refractivity contribution is 5.86. The van der Waals surface area contributed by atoms with Gasteiger partial charge in [-0.3, -0.25) is 4.79 Å². The normalized spacial score (nSPS) is 42.9. The first-order valence-corrected chi connectivity index (χ1v) is 12.6. The number of esters is 2. The van der Waals surface area contributed by atoms with Crippen molar-refractivity contribution in [1.82, 2.24) is 0 Å². The van der Waals surface area contributed by atoms with Crippen molar-refractivity contribution in [2.45, 2.75) is 98.4 Å². The van der Waals surface area contributed by atoms with Gasteiger partial charge in [0.2, 0.25) is 6.29 Å². The molecule has 184 valence electrons. The van der Waals surface area contributed by atoms with Gasteiger partial charge in [0.15, 0.2) is 0 Å². The van der Waals surface area contributed by atoms with Crippen LogP contribution in [0.4, 0.5) is 0 Å². The Balaban J connectivity index is 1.69. The summed E-state index contributed by atoms with van der Waals surface area (Å²) in [6.07, 6.45) is 8.34. The molecule has 0 radical (unpaired) electrons. The van der Waals surface area contributed by atoms with Gasteiger partial charge in [0.05, 0.1) is 0 Å². The molecule has 6 nitrogen and oxygen atoms in total. The molecular formula is C27H40O6. The third kappa shape index (κ3) is 4.06. The Morgan fingerprint density at radius 1 is 1.15 bits per heavy atom. The van der Waals surface area contributed by atoms with Crippen molar-refractivity contribution in [3.8, 4) is 0 Å². The van der Waals surface area contributed by atoms with Crippen LogP contribution in [-0.4, -0.2) is 35.7 Å². The van der Waals surface area contributed by atoms with Crippen molar-refractivity contribution in [3.05, 3.63) is 11.6 Å². The highest BCUT2D eigenvalue weighted by Crippen LogP contribution is 2.69.